The Morgan fingerprint density at radius 2 is 2.06 bits per heavy atom. The van der Waals surface area contributed by atoms with Gasteiger partial charge in [0.05, 0.1) is 24.2 Å². The molecular formula is C12H14N2O3. The Morgan fingerprint density at radius 3 is 2.53 bits per heavy atom. The highest BCUT2D eigenvalue weighted by Crippen LogP contribution is 2.14. The summed E-state index contributed by atoms with van der Waals surface area (Å²) in [5, 5.41) is 26.6. The number of hydrogen-bond donors (Lipinski definition) is 2. The van der Waals surface area contributed by atoms with Crippen molar-refractivity contribution in [2.75, 3.05) is 18.5 Å². The van der Waals surface area contributed by atoms with Crippen molar-refractivity contribution in [3.8, 4) is 6.07 Å². The number of nitriles is 1. The molecule has 0 saturated carbocycles. The molecule has 0 aliphatic rings. The highest BCUT2D eigenvalue weighted by Gasteiger charge is 2.12. The van der Waals surface area contributed by atoms with Crippen molar-refractivity contribution in [1.82, 2.24) is 0 Å². The van der Waals surface area contributed by atoms with Crippen LogP contribution in [0.3, 0.4) is 0 Å². The maximum absolute atomic E-state index is 10.4. The number of anilines is 1. The number of carboxylic acid groups (broad SMARTS) is 1. The van der Waals surface area contributed by atoms with Crippen LogP contribution in [0.4, 0.5) is 5.69 Å². The van der Waals surface area contributed by atoms with E-state index in [0.29, 0.717) is 5.56 Å². The molecule has 0 saturated heterocycles. The second-order valence-corrected chi connectivity index (χ2v) is 3.79. The van der Waals surface area contributed by atoms with Crippen molar-refractivity contribution in [2.45, 2.75) is 12.5 Å². The van der Waals surface area contributed by atoms with Crippen LogP contribution in [0.15, 0.2) is 24.3 Å². The number of nitrogens with zero attached hydrogens (tertiary/aromatic N) is 2. The van der Waals surface area contributed by atoms with Crippen molar-refractivity contribution >= 4 is 11.7 Å². The third-order valence-electron chi connectivity index (χ3n) is 2.33. The highest BCUT2D eigenvalue weighted by atomic mass is 16.4. The fraction of sp³-hybridized carbons (Fsp3) is 0.333. The first kappa shape index (κ1) is 13.0. The normalized spacial score (nSPS) is 11.6. The molecule has 0 amide bonds. The molecule has 1 atom stereocenters. The van der Waals surface area contributed by atoms with Crippen LogP contribution in [0.25, 0.3) is 0 Å². The van der Waals surface area contributed by atoms with Crippen LogP contribution < -0.4 is 4.90 Å². The van der Waals surface area contributed by atoms with E-state index in [9.17, 15) is 9.90 Å². The Kier molecular flexibility index (Phi) is 4.49. The van der Waals surface area contributed by atoms with Crippen LogP contribution in [-0.4, -0.2) is 35.9 Å². The fourth-order valence-corrected chi connectivity index (χ4v) is 1.48. The molecule has 0 bridgehead atoms. The minimum atomic E-state index is -1.02. The van der Waals surface area contributed by atoms with Gasteiger partial charge in [-0.05, 0) is 24.3 Å². The molecule has 1 aromatic carbocycles. The molecule has 17 heavy (non-hydrogen) atoms. The Hall–Kier alpha value is -2.06. The Labute approximate surface area is 99.5 Å². The standard InChI is InChI=1S/C12H14N2O3/c1-14(8-11(15)6-12(16)17)10-4-2-9(7-13)3-5-10/h2-5,11,15H,6,8H2,1H3,(H,16,17). The fourth-order valence-electron chi connectivity index (χ4n) is 1.48. The number of aliphatic hydroxyl groups is 1. The number of aliphatic hydroxyl groups excluding tert-OH is 1. The van der Waals surface area contributed by atoms with E-state index in [1.807, 2.05) is 6.07 Å². The molecule has 5 nitrogen and oxygen atoms in total. The lowest BCUT2D eigenvalue weighted by Crippen LogP contribution is -2.30. The average molecular weight is 234 g/mol. The van der Waals surface area contributed by atoms with Gasteiger partial charge in [-0.15, -0.1) is 0 Å². The number of rotatable bonds is 5. The van der Waals surface area contributed by atoms with Crippen LogP contribution in [0, 0.1) is 11.3 Å². The van der Waals surface area contributed by atoms with E-state index in [1.54, 1.807) is 36.2 Å². The average Bonchev–Trinajstić information content (AvgIpc) is 2.28. The third-order valence-corrected chi connectivity index (χ3v) is 2.33. The lowest BCUT2D eigenvalue weighted by Gasteiger charge is -2.21. The molecule has 0 spiro atoms. The lowest BCUT2D eigenvalue weighted by atomic mass is 10.2. The summed E-state index contributed by atoms with van der Waals surface area (Å²) in [7, 11) is 1.76. The topological polar surface area (TPSA) is 84.6 Å². The van der Waals surface area contributed by atoms with Crippen molar-refractivity contribution < 1.29 is 15.0 Å². The largest absolute Gasteiger partial charge is 0.481 e. The van der Waals surface area contributed by atoms with Gasteiger partial charge in [-0.2, -0.15) is 5.26 Å². The third kappa shape index (κ3) is 4.13. The maximum Gasteiger partial charge on any atom is 0.306 e. The number of carboxylic acids is 1. The van der Waals surface area contributed by atoms with Crippen LogP contribution in [-0.2, 0) is 4.79 Å². The van der Waals surface area contributed by atoms with Gasteiger partial charge in [-0.1, -0.05) is 0 Å². The van der Waals surface area contributed by atoms with E-state index < -0.39 is 12.1 Å². The molecule has 0 aromatic heterocycles. The van der Waals surface area contributed by atoms with Gasteiger partial charge in [-0.3, -0.25) is 4.79 Å². The van der Waals surface area contributed by atoms with Gasteiger partial charge in [0.1, 0.15) is 0 Å². The molecule has 1 aromatic rings. The first-order chi connectivity index (χ1) is 8.02. The molecule has 5 heteroatoms. The zero-order valence-electron chi connectivity index (χ0n) is 9.50. The van der Waals surface area contributed by atoms with Crippen LogP contribution in [0.5, 0.6) is 0 Å². The SMILES string of the molecule is CN(CC(O)CC(=O)O)c1ccc(C#N)cc1. The first-order valence-corrected chi connectivity index (χ1v) is 5.14. The molecule has 0 aliphatic heterocycles. The van der Waals surface area contributed by atoms with Gasteiger partial charge in [-0.25, -0.2) is 0 Å². The predicted octanol–water partition coefficient (Wildman–Crippen LogP) is 0.830. The molecular weight excluding hydrogens is 220 g/mol. The first-order valence-electron chi connectivity index (χ1n) is 5.14. The summed E-state index contributed by atoms with van der Waals surface area (Å²) in [5.74, 6) is -1.02. The molecule has 2 N–H and O–H groups in total. The number of aliphatic carboxylic acids is 1. The number of likely N-dealkylation sites (N-methyl/N-ethyl adjacent to an activating group) is 1. The van der Waals surface area contributed by atoms with Gasteiger partial charge in [0, 0.05) is 19.3 Å². The van der Waals surface area contributed by atoms with Gasteiger partial charge >= 0.3 is 5.97 Å². The van der Waals surface area contributed by atoms with E-state index in [-0.39, 0.29) is 13.0 Å². The molecule has 0 fully saturated rings. The van der Waals surface area contributed by atoms with Crippen LogP contribution in [0.2, 0.25) is 0 Å². The smallest absolute Gasteiger partial charge is 0.306 e. The van der Waals surface area contributed by atoms with Gasteiger partial charge in [0.15, 0.2) is 0 Å². The van der Waals surface area contributed by atoms with Crippen molar-refractivity contribution in [1.29, 1.82) is 5.26 Å². The Balaban J connectivity index is 2.60. The summed E-state index contributed by atoms with van der Waals surface area (Å²) in [6.07, 6.45) is -1.19. The number of hydrogen-bond acceptors (Lipinski definition) is 4. The van der Waals surface area contributed by atoms with Gasteiger partial charge in [0.2, 0.25) is 0 Å². The molecule has 0 heterocycles. The molecule has 0 aliphatic carbocycles. The summed E-state index contributed by atoms with van der Waals surface area (Å²) in [6, 6.07) is 8.88. The Morgan fingerprint density at radius 1 is 1.47 bits per heavy atom. The Bertz CT molecular complexity index is 422. The quantitative estimate of drug-likeness (QED) is 0.788. The highest BCUT2D eigenvalue weighted by molar-refractivity contribution is 5.67. The summed E-state index contributed by atoms with van der Waals surface area (Å²) in [5.41, 5.74) is 1.39. The minimum absolute atomic E-state index is 0.234. The summed E-state index contributed by atoms with van der Waals surface area (Å²) in [6.45, 7) is 0.234. The van der Waals surface area contributed by atoms with Crippen molar-refractivity contribution in [3.63, 3.8) is 0 Å². The van der Waals surface area contributed by atoms with E-state index in [4.69, 9.17) is 10.4 Å². The second-order valence-electron chi connectivity index (χ2n) is 3.79. The van der Waals surface area contributed by atoms with E-state index in [2.05, 4.69) is 0 Å². The van der Waals surface area contributed by atoms with E-state index >= 15 is 0 Å². The van der Waals surface area contributed by atoms with Crippen LogP contribution >= 0.6 is 0 Å². The molecule has 90 valence electrons. The monoisotopic (exact) mass is 234 g/mol. The van der Waals surface area contributed by atoms with E-state index in [0.717, 1.165) is 5.69 Å². The van der Waals surface area contributed by atoms with Gasteiger partial charge < -0.3 is 15.1 Å². The minimum Gasteiger partial charge on any atom is -0.481 e. The molecule has 1 rings (SSSR count). The second kappa shape index (κ2) is 5.87. The van der Waals surface area contributed by atoms with Gasteiger partial charge in [0.25, 0.3) is 0 Å². The van der Waals surface area contributed by atoms with Crippen molar-refractivity contribution in [3.05, 3.63) is 29.8 Å². The zero-order valence-corrected chi connectivity index (χ0v) is 9.50. The number of carbonyl (C=O) groups is 1. The number of benzene rings is 1. The summed E-state index contributed by atoms with van der Waals surface area (Å²) >= 11 is 0. The predicted molar refractivity (Wildman–Crippen MR) is 62.7 cm³/mol. The van der Waals surface area contributed by atoms with Crippen molar-refractivity contribution in [2.24, 2.45) is 0 Å². The van der Waals surface area contributed by atoms with Crippen LogP contribution in [0.1, 0.15) is 12.0 Å². The lowest BCUT2D eigenvalue weighted by molar-refractivity contribution is -0.139. The molecule has 1 unspecified atom stereocenters. The summed E-state index contributed by atoms with van der Waals surface area (Å²) < 4.78 is 0. The molecule has 0 radical (unpaired) electrons. The zero-order chi connectivity index (χ0) is 12.8. The summed E-state index contributed by atoms with van der Waals surface area (Å²) in [4.78, 5) is 12.1. The maximum atomic E-state index is 10.4. The van der Waals surface area contributed by atoms with E-state index in [1.165, 1.54) is 0 Å².